The molecule has 0 saturated heterocycles. The highest BCUT2D eigenvalue weighted by Gasteiger charge is 2.17. The fourth-order valence-corrected chi connectivity index (χ4v) is 3.40. The maximum atomic E-state index is 12.6. The third kappa shape index (κ3) is 5.24. The van der Waals surface area contributed by atoms with Crippen molar-refractivity contribution in [3.63, 3.8) is 0 Å². The summed E-state index contributed by atoms with van der Waals surface area (Å²) in [5.74, 6) is 0.897. The van der Waals surface area contributed by atoms with Crippen LogP contribution in [-0.2, 0) is 10.0 Å². The summed E-state index contributed by atoms with van der Waals surface area (Å²) >= 11 is 0. The number of sulfonamides is 1. The van der Waals surface area contributed by atoms with Gasteiger partial charge in [0.2, 0.25) is 10.0 Å². The number of hydrogen-bond donors (Lipinski definition) is 2. The van der Waals surface area contributed by atoms with Crippen LogP contribution in [0, 0.1) is 0 Å². The second kappa shape index (κ2) is 9.57. The summed E-state index contributed by atoms with van der Waals surface area (Å²) in [5, 5.41) is 2.88. The van der Waals surface area contributed by atoms with E-state index < -0.39 is 10.0 Å². The molecule has 0 aromatic heterocycles. The minimum Gasteiger partial charge on any atom is -0.490 e. The minimum absolute atomic E-state index is 0.0370. The molecule has 0 aliphatic rings. The summed E-state index contributed by atoms with van der Waals surface area (Å²) in [6, 6.07) is 11.1. The number of hydrogen-bond acceptors (Lipinski definition) is 5. The Morgan fingerprint density at radius 3 is 2.36 bits per heavy atom. The van der Waals surface area contributed by atoms with Crippen LogP contribution in [-0.4, -0.2) is 34.6 Å². The van der Waals surface area contributed by atoms with E-state index in [4.69, 9.17) is 9.47 Å². The first kappa shape index (κ1) is 21.7. The number of nitrogens with one attached hydrogen (secondary N) is 2. The van der Waals surface area contributed by atoms with E-state index in [1.165, 1.54) is 25.2 Å². The normalized spacial score (nSPS) is 12.3. The molecule has 1 amide bonds. The van der Waals surface area contributed by atoms with Crippen molar-refractivity contribution in [2.75, 3.05) is 20.3 Å². The zero-order valence-electron chi connectivity index (χ0n) is 16.5. The zero-order chi connectivity index (χ0) is 20.7. The van der Waals surface area contributed by atoms with Crippen molar-refractivity contribution >= 4 is 15.9 Å². The second-order valence-electron chi connectivity index (χ2n) is 6.00. The van der Waals surface area contributed by atoms with Crippen LogP contribution in [0.4, 0.5) is 0 Å². The van der Waals surface area contributed by atoms with E-state index in [9.17, 15) is 13.2 Å². The number of carbonyl (C=O) groups excluding carboxylic acids is 1. The van der Waals surface area contributed by atoms with Crippen molar-refractivity contribution in [1.82, 2.24) is 10.0 Å². The van der Waals surface area contributed by atoms with Gasteiger partial charge in [-0.3, -0.25) is 4.79 Å². The fraction of sp³-hybridized carbons (Fsp3) is 0.350. The van der Waals surface area contributed by atoms with Crippen LogP contribution in [0.2, 0.25) is 0 Å². The molecule has 0 saturated carbocycles. The molecule has 0 bridgehead atoms. The standard InChI is InChI=1S/C20H26N2O5S/c1-5-26-18-11-10-15(13-19(18)27-6-2)14(3)22-20(23)16-8-7-9-17(12-16)28(24,25)21-4/h7-14,21H,5-6H2,1-4H3,(H,22,23)/t14-/m0/s1. The van der Waals surface area contributed by atoms with Crippen LogP contribution in [0.3, 0.4) is 0 Å². The van der Waals surface area contributed by atoms with Crippen molar-refractivity contribution in [3.8, 4) is 11.5 Å². The van der Waals surface area contributed by atoms with E-state index in [2.05, 4.69) is 10.0 Å². The highest BCUT2D eigenvalue weighted by molar-refractivity contribution is 7.89. The Hall–Kier alpha value is -2.58. The molecule has 0 spiro atoms. The predicted octanol–water partition coefficient (Wildman–Crippen LogP) is 2.88. The van der Waals surface area contributed by atoms with Crippen LogP contribution in [0.15, 0.2) is 47.4 Å². The molecule has 2 aromatic rings. The van der Waals surface area contributed by atoms with Crippen LogP contribution in [0.5, 0.6) is 11.5 Å². The van der Waals surface area contributed by atoms with Gasteiger partial charge in [-0.2, -0.15) is 0 Å². The number of rotatable bonds is 9. The quantitative estimate of drug-likeness (QED) is 0.668. The predicted molar refractivity (Wildman–Crippen MR) is 107 cm³/mol. The molecule has 2 rings (SSSR count). The molecule has 2 N–H and O–H groups in total. The first-order valence-corrected chi connectivity index (χ1v) is 10.5. The van der Waals surface area contributed by atoms with Crippen molar-refractivity contribution < 1.29 is 22.7 Å². The first-order chi connectivity index (χ1) is 13.3. The average molecular weight is 407 g/mol. The first-order valence-electron chi connectivity index (χ1n) is 9.06. The number of carbonyl (C=O) groups is 1. The number of benzene rings is 2. The van der Waals surface area contributed by atoms with Crippen molar-refractivity contribution in [2.45, 2.75) is 31.7 Å². The summed E-state index contributed by atoms with van der Waals surface area (Å²) in [4.78, 5) is 12.6. The monoisotopic (exact) mass is 406 g/mol. The molecule has 2 aromatic carbocycles. The SMILES string of the molecule is CCOc1ccc([C@H](C)NC(=O)c2cccc(S(=O)(=O)NC)c2)cc1OCC. The molecule has 7 nitrogen and oxygen atoms in total. The molecule has 1 atom stereocenters. The van der Waals surface area contributed by atoms with Gasteiger partial charge in [0.25, 0.3) is 5.91 Å². The van der Waals surface area contributed by atoms with E-state index in [0.717, 1.165) is 5.56 Å². The van der Waals surface area contributed by atoms with Gasteiger partial charge in [0.15, 0.2) is 11.5 Å². The molecule has 0 unspecified atom stereocenters. The largest absolute Gasteiger partial charge is 0.490 e. The van der Waals surface area contributed by atoms with E-state index >= 15 is 0 Å². The average Bonchev–Trinajstić information content (AvgIpc) is 2.69. The molecule has 28 heavy (non-hydrogen) atoms. The highest BCUT2D eigenvalue weighted by atomic mass is 32.2. The maximum absolute atomic E-state index is 12.6. The summed E-state index contributed by atoms with van der Waals surface area (Å²) < 4.78 is 37.3. The van der Waals surface area contributed by atoms with Gasteiger partial charge in [-0.1, -0.05) is 12.1 Å². The summed E-state index contributed by atoms with van der Waals surface area (Å²) in [6.07, 6.45) is 0. The molecule has 0 aliphatic carbocycles. The Morgan fingerprint density at radius 1 is 1.04 bits per heavy atom. The molecular weight excluding hydrogens is 380 g/mol. The smallest absolute Gasteiger partial charge is 0.251 e. The van der Waals surface area contributed by atoms with Crippen molar-refractivity contribution in [3.05, 3.63) is 53.6 Å². The van der Waals surface area contributed by atoms with E-state index in [0.29, 0.717) is 24.7 Å². The number of amides is 1. The Balaban J connectivity index is 2.20. The van der Waals surface area contributed by atoms with Gasteiger partial charge in [-0.15, -0.1) is 0 Å². The summed E-state index contributed by atoms with van der Waals surface area (Å²) in [7, 11) is -2.29. The van der Waals surface area contributed by atoms with Gasteiger partial charge in [-0.25, -0.2) is 13.1 Å². The summed E-state index contributed by atoms with van der Waals surface area (Å²) in [6.45, 7) is 6.65. The van der Waals surface area contributed by atoms with Crippen LogP contribution >= 0.6 is 0 Å². The molecular formula is C20H26N2O5S. The molecule has 0 aliphatic heterocycles. The molecule has 8 heteroatoms. The summed E-state index contributed by atoms with van der Waals surface area (Å²) in [5.41, 5.74) is 1.11. The topological polar surface area (TPSA) is 93.7 Å². The van der Waals surface area contributed by atoms with Gasteiger partial charge in [0.1, 0.15) is 0 Å². The van der Waals surface area contributed by atoms with Gasteiger partial charge in [0.05, 0.1) is 24.2 Å². The molecule has 0 fully saturated rings. The Kier molecular flexibility index (Phi) is 7.42. The van der Waals surface area contributed by atoms with E-state index in [-0.39, 0.29) is 22.4 Å². The second-order valence-corrected chi connectivity index (χ2v) is 7.89. The number of ether oxygens (including phenoxy) is 2. The van der Waals surface area contributed by atoms with Gasteiger partial charge < -0.3 is 14.8 Å². The van der Waals surface area contributed by atoms with E-state index in [1.54, 1.807) is 6.07 Å². The lowest BCUT2D eigenvalue weighted by molar-refractivity contribution is 0.0939. The van der Waals surface area contributed by atoms with E-state index in [1.807, 2.05) is 39.0 Å². The van der Waals surface area contributed by atoms with Crippen LogP contribution in [0.25, 0.3) is 0 Å². The molecule has 152 valence electrons. The molecule has 0 heterocycles. The highest BCUT2D eigenvalue weighted by Crippen LogP contribution is 2.30. The van der Waals surface area contributed by atoms with Gasteiger partial charge in [0, 0.05) is 5.56 Å². The van der Waals surface area contributed by atoms with Crippen molar-refractivity contribution in [2.24, 2.45) is 0 Å². The van der Waals surface area contributed by atoms with Crippen LogP contribution < -0.4 is 19.5 Å². The Labute approximate surface area is 166 Å². The lowest BCUT2D eigenvalue weighted by Gasteiger charge is -2.18. The third-order valence-electron chi connectivity index (χ3n) is 4.09. The molecule has 0 radical (unpaired) electrons. The lowest BCUT2D eigenvalue weighted by Crippen LogP contribution is -2.27. The maximum Gasteiger partial charge on any atom is 0.251 e. The van der Waals surface area contributed by atoms with Crippen molar-refractivity contribution in [1.29, 1.82) is 0 Å². The van der Waals surface area contributed by atoms with Crippen LogP contribution in [0.1, 0.15) is 42.7 Å². The zero-order valence-corrected chi connectivity index (χ0v) is 17.3. The third-order valence-corrected chi connectivity index (χ3v) is 5.50. The van der Waals surface area contributed by atoms with Gasteiger partial charge >= 0.3 is 0 Å². The minimum atomic E-state index is -3.62. The lowest BCUT2D eigenvalue weighted by atomic mass is 10.1. The Morgan fingerprint density at radius 2 is 1.71 bits per heavy atom. The fourth-order valence-electron chi connectivity index (χ4n) is 2.62. The van der Waals surface area contributed by atoms with Gasteiger partial charge in [-0.05, 0) is 63.7 Å². The Bertz CT molecular complexity index is 928.